The topological polar surface area (TPSA) is 91.1 Å². The second kappa shape index (κ2) is 10.0. The van der Waals surface area contributed by atoms with E-state index in [1.807, 2.05) is 36.5 Å². The number of nitrogens with zero attached hydrogens (tertiary/aromatic N) is 5. The van der Waals surface area contributed by atoms with Crippen LogP contribution in [0.2, 0.25) is 0 Å². The lowest BCUT2D eigenvalue weighted by Crippen LogP contribution is -2.50. The molecule has 36 heavy (non-hydrogen) atoms. The summed E-state index contributed by atoms with van der Waals surface area (Å²) in [5.74, 6) is 0.168. The van der Waals surface area contributed by atoms with Gasteiger partial charge in [0.25, 0.3) is 11.8 Å². The molecule has 1 fully saturated rings. The molecule has 0 spiro atoms. The van der Waals surface area contributed by atoms with Crippen LogP contribution >= 0.6 is 0 Å². The van der Waals surface area contributed by atoms with Crippen molar-refractivity contribution in [3.05, 3.63) is 71.5 Å². The van der Waals surface area contributed by atoms with Crippen molar-refractivity contribution in [1.82, 2.24) is 19.6 Å². The number of aromatic hydroxyl groups is 1. The lowest BCUT2D eigenvalue weighted by molar-refractivity contribution is 0.0647. The average molecular weight is 490 g/mol. The smallest absolute Gasteiger partial charge is 0.263 e. The van der Waals surface area contributed by atoms with Crippen molar-refractivity contribution in [3.8, 4) is 11.5 Å². The molecule has 0 aliphatic carbocycles. The van der Waals surface area contributed by atoms with E-state index in [1.54, 1.807) is 30.1 Å². The molecule has 0 bridgehead atoms. The minimum absolute atomic E-state index is 0.144. The molecule has 2 aromatic carbocycles. The Hall–Kier alpha value is -3.85. The highest BCUT2D eigenvalue weighted by Crippen LogP contribution is 2.33. The zero-order chi connectivity index (χ0) is 25.2. The highest BCUT2D eigenvalue weighted by molar-refractivity contribution is 6.23. The molecule has 5 rings (SSSR count). The summed E-state index contributed by atoms with van der Waals surface area (Å²) in [6, 6.07) is 13.2. The van der Waals surface area contributed by atoms with Crippen molar-refractivity contribution >= 4 is 17.5 Å². The van der Waals surface area contributed by atoms with E-state index >= 15 is 0 Å². The molecule has 1 N–H and O–H groups in total. The van der Waals surface area contributed by atoms with E-state index in [0.717, 1.165) is 43.9 Å². The lowest BCUT2D eigenvalue weighted by atomic mass is 10.0. The summed E-state index contributed by atoms with van der Waals surface area (Å²) in [6.45, 7) is 6.21. The van der Waals surface area contributed by atoms with Crippen LogP contribution in [0.5, 0.6) is 11.5 Å². The number of imide groups is 1. The number of hydrogen-bond donors (Lipinski definition) is 1. The van der Waals surface area contributed by atoms with Crippen LogP contribution < -0.4 is 9.64 Å². The van der Waals surface area contributed by atoms with Gasteiger partial charge in [-0.3, -0.25) is 24.1 Å². The molecule has 3 aromatic rings. The van der Waals surface area contributed by atoms with Crippen molar-refractivity contribution in [2.45, 2.75) is 25.9 Å². The second-order valence-corrected chi connectivity index (χ2v) is 9.31. The first-order valence-electron chi connectivity index (χ1n) is 12.3. The van der Waals surface area contributed by atoms with Gasteiger partial charge in [-0.1, -0.05) is 12.1 Å². The van der Waals surface area contributed by atoms with Gasteiger partial charge < -0.3 is 14.7 Å². The first kappa shape index (κ1) is 23.9. The maximum absolute atomic E-state index is 13.3. The van der Waals surface area contributed by atoms with Crippen LogP contribution in [0.3, 0.4) is 0 Å². The molecule has 2 aliphatic heterocycles. The Bertz CT molecular complexity index is 1250. The first-order valence-corrected chi connectivity index (χ1v) is 12.3. The summed E-state index contributed by atoms with van der Waals surface area (Å²) in [5, 5.41) is 14.0. The Morgan fingerprint density at radius 1 is 1.03 bits per heavy atom. The third-order valence-corrected chi connectivity index (χ3v) is 7.14. The predicted molar refractivity (Wildman–Crippen MR) is 136 cm³/mol. The molecular formula is C27H31N5O4. The minimum atomic E-state index is -0.236. The molecular weight excluding hydrogens is 458 g/mol. The van der Waals surface area contributed by atoms with E-state index in [-0.39, 0.29) is 17.6 Å². The van der Waals surface area contributed by atoms with Crippen molar-refractivity contribution < 1.29 is 19.4 Å². The van der Waals surface area contributed by atoms with Crippen molar-refractivity contribution in [2.75, 3.05) is 44.7 Å². The van der Waals surface area contributed by atoms with Crippen molar-refractivity contribution in [1.29, 1.82) is 0 Å². The molecule has 1 atom stereocenters. The number of methoxy groups -OCH3 is 1. The van der Waals surface area contributed by atoms with Crippen LogP contribution in [0, 0.1) is 0 Å². The number of carbonyl (C=O) groups excluding carboxylic acids is 2. The summed E-state index contributed by atoms with van der Waals surface area (Å²) in [7, 11) is 1.55. The number of phenolic OH excluding ortho intramolecular Hbond substituents is 1. The van der Waals surface area contributed by atoms with Gasteiger partial charge in [0.05, 0.1) is 30.5 Å². The number of anilines is 1. The molecule has 0 radical (unpaired) electrons. The molecule has 3 heterocycles. The first-order chi connectivity index (χ1) is 17.5. The van der Waals surface area contributed by atoms with Crippen LogP contribution in [-0.4, -0.2) is 82.4 Å². The van der Waals surface area contributed by atoms with Gasteiger partial charge in [0.2, 0.25) is 0 Å². The highest BCUT2D eigenvalue weighted by Gasteiger charge is 2.38. The average Bonchev–Trinajstić information content (AvgIpc) is 3.50. The van der Waals surface area contributed by atoms with Crippen molar-refractivity contribution in [3.63, 3.8) is 0 Å². The second-order valence-electron chi connectivity index (χ2n) is 9.31. The van der Waals surface area contributed by atoms with Crippen LogP contribution in [-0.2, 0) is 13.0 Å². The highest BCUT2D eigenvalue weighted by atomic mass is 16.5. The molecule has 1 unspecified atom stereocenters. The number of piperazine rings is 1. The van der Waals surface area contributed by atoms with Crippen LogP contribution in [0.15, 0.2) is 54.9 Å². The molecule has 2 aliphatic rings. The van der Waals surface area contributed by atoms with Crippen LogP contribution in [0.4, 0.5) is 5.69 Å². The van der Waals surface area contributed by atoms with Gasteiger partial charge >= 0.3 is 0 Å². The fraction of sp³-hybridized carbons (Fsp3) is 0.370. The maximum Gasteiger partial charge on any atom is 0.263 e. The van der Waals surface area contributed by atoms with Crippen molar-refractivity contribution in [2.24, 2.45) is 0 Å². The van der Waals surface area contributed by atoms with Gasteiger partial charge in [0.1, 0.15) is 0 Å². The third-order valence-electron chi connectivity index (χ3n) is 7.14. The van der Waals surface area contributed by atoms with E-state index in [4.69, 9.17) is 4.74 Å². The molecule has 1 aromatic heterocycles. The Kier molecular flexibility index (Phi) is 6.65. The number of amides is 2. The largest absolute Gasteiger partial charge is 0.504 e. The van der Waals surface area contributed by atoms with Crippen LogP contribution in [0.25, 0.3) is 0 Å². The van der Waals surface area contributed by atoms with Gasteiger partial charge in [0.15, 0.2) is 11.5 Å². The summed E-state index contributed by atoms with van der Waals surface area (Å²) < 4.78 is 6.96. The lowest BCUT2D eigenvalue weighted by Gasteiger charge is -2.39. The zero-order valence-electron chi connectivity index (χ0n) is 20.6. The van der Waals surface area contributed by atoms with Gasteiger partial charge in [-0.05, 0) is 49.2 Å². The number of ether oxygens (including phenoxy) is 1. The van der Waals surface area contributed by atoms with E-state index in [9.17, 15) is 14.7 Å². The number of fused-ring (bicyclic) bond motifs is 1. The SMILES string of the molecule is COc1cc(CC(C)N2CCN(c3cccc4c3C(=O)N(CCn3cccn3)C4=O)CC2)ccc1O. The number of rotatable bonds is 8. The Morgan fingerprint density at radius 2 is 1.83 bits per heavy atom. The molecule has 9 nitrogen and oxygen atoms in total. The van der Waals surface area contributed by atoms with E-state index in [2.05, 4.69) is 21.8 Å². The molecule has 188 valence electrons. The number of benzene rings is 2. The predicted octanol–water partition coefficient (Wildman–Crippen LogP) is 2.65. The number of aromatic nitrogens is 2. The molecule has 2 amide bonds. The maximum atomic E-state index is 13.3. The molecule has 0 saturated carbocycles. The Labute approximate surface area is 210 Å². The quantitative estimate of drug-likeness (QED) is 0.487. The zero-order valence-corrected chi connectivity index (χ0v) is 20.6. The molecule has 1 saturated heterocycles. The number of phenols is 1. The fourth-order valence-electron chi connectivity index (χ4n) is 5.14. The standard InChI is InChI=1S/C27H31N5O4/c1-19(17-20-7-8-23(33)24(18-20)36-2)29-11-13-30(14-12-29)22-6-3-5-21-25(22)27(35)32(26(21)34)16-15-31-10-4-9-28-31/h3-10,18-19,33H,11-17H2,1-2H3. The normalized spacial score (nSPS) is 16.9. The minimum Gasteiger partial charge on any atom is -0.504 e. The van der Waals surface area contributed by atoms with Gasteiger partial charge in [-0.2, -0.15) is 5.10 Å². The molecule has 9 heteroatoms. The van der Waals surface area contributed by atoms with Gasteiger partial charge in [-0.25, -0.2) is 0 Å². The number of hydrogen-bond acceptors (Lipinski definition) is 7. The summed E-state index contributed by atoms with van der Waals surface area (Å²) in [5.41, 5.74) is 2.94. The van der Waals surface area contributed by atoms with E-state index in [0.29, 0.717) is 36.0 Å². The van der Waals surface area contributed by atoms with Gasteiger partial charge in [-0.15, -0.1) is 0 Å². The monoisotopic (exact) mass is 489 g/mol. The third kappa shape index (κ3) is 4.54. The van der Waals surface area contributed by atoms with E-state index < -0.39 is 0 Å². The Morgan fingerprint density at radius 3 is 2.56 bits per heavy atom. The van der Waals surface area contributed by atoms with Crippen LogP contribution in [0.1, 0.15) is 33.2 Å². The van der Waals surface area contributed by atoms with Gasteiger partial charge in [0, 0.05) is 51.2 Å². The summed E-state index contributed by atoms with van der Waals surface area (Å²) >= 11 is 0. The van der Waals surface area contributed by atoms with E-state index in [1.165, 1.54) is 4.90 Å². The number of carbonyl (C=O) groups is 2. The fourth-order valence-corrected chi connectivity index (χ4v) is 5.14. The summed E-state index contributed by atoms with van der Waals surface area (Å²) in [6.07, 6.45) is 4.35. The Balaban J connectivity index is 1.24. The summed E-state index contributed by atoms with van der Waals surface area (Å²) in [4.78, 5) is 32.3.